The first-order valence-corrected chi connectivity index (χ1v) is 7.79. The van der Waals surface area contributed by atoms with Gasteiger partial charge in [0, 0.05) is 0 Å². The second-order valence-electron chi connectivity index (χ2n) is 5.87. The molecule has 1 unspecified atom stereocenters. The van der Waals surface area contributed by atoms with Crippen LogP contribution in [0.25, 0.3) is 0 Å². The second-order valence-corrected chi connectivity index (χ2v) is 5.87. The molecule has 24 heavy (non-hydrogen) atoms. The number of carboxylic acid groups (broad SMARTS) is 1. The van der Waals surface area contributed by atoms with Gasteiger partial charge in [0.15, 0.2) is 0 Å². The van der Waals surface area contributed by atoms with E-state index < -0.39 is 23.5 Å². The number of aliphatic carboxylic acids is 1. The maximum atomic E-state index is 11.7. The molecule has 0 aromatic heterocycles. The van der Waals surface area contributed by atoms with E-state index in [1.54, 1.807) is 13.8 Å². The lowest BCUT2D eigenvalue weighted by Crippen LogP contribution is -2.54. The highest BCUT2D eigenvalue weighted by atomic mass is 35.5. The summed E-state index contributed by atoms with van der Waals surface area (Å²) >= 11 is 0. The molecule has 0 spiro atoms. The Morgan fingerprint density at radius 1 is 1.25 bits per heavy atom. The van der Waals surface area contributed by atoms with Crippen LogP contribution in [0.1, 0.15) is 39.2 Å². The number of nitrogens with two attached hydrogens (primary N) is 2. The Balaban J connectivity index is 0. The summed E-state index contributed by atoms with van der Waals surface area (Å²) in [4.78, 5) is 22.9. The zero-order valence-corrected chi connectivity index (χ0v) is 15.4. The number of halogens is 1. The Morgan fingerprint density at radius 2 is 1.75 bits per heavy atom. The molecule has 1 amide bonds. The van der Waals surface area contributed by atoms with Crippen molar-refractivity contribution in [2.75, 3.05) is 6.54 Å². The van der Waals surface area contributed by atoms with Gasteiger partial charge in [-0.25, -0.2) is 4.79 Å². The van der Waals surface area contributed by atoms with E-state index in [9.17, 15) is 9.59 Å². The van der Waals surface area contributed by atoms with E-state index in [4.69, 9.17) is 16.6 Å². The quantitative estimate of drug-likeness (QED) is 0.591. The maximum absolute atomic E-state index is 11.7. The SMILES string of the molecule is CC(C)(N)C(=O)NC(CCCc1ccccc1)C(=O)O.CCN.Cl. The van der Waals surface area contributed by atoms with Crippen LogP contribution >= 0.6 is 12.4 Å². The van der Waals surface area contributed by atoms with Gasteiger partial charge in [0.05, 0.1) is 5.54 Å². The molecule has 0 heterocycles. The van der Waals surface area contributed by atoms with Crippen molar-refractivity contribution in [3.05, 3.63) is 35.9 Å². The van der Waals surface area contributed by atoms with Crippen LogP contribution in [0.4, 0.5) is 0 Å². The molecule has 0 bridgehead atoms. The largest absolute Gasteiger partial charge is 0.480 e. The third-order valence-corrected chi connectivity index (χ3v) is 2.99. The molecule has 0 radical (unpaired) electrons. The summed E-state index contributed by atoms with van der Waals surface area (Å²) in [6, 6.07) is 8.93. The van der Waals surface area contributed by atoms with Crippen molar-refractivity contribution < 1.29 is 14.7 Å². The normalized spacial score (nSPS) is 11.4. The van der Waals surface area contributed by atoms with Gasteiger partial charge in [-0.3, -0.25) is 4.79 Å². The van der Waals surface area contributed by atoms with Crippen molar-refractivity contribution in [2.24, 2.45) is 11.5 Å². The first kappa shape index (κ1) is 24.6. The standard InChI is InChI=1S/C15H22N2O3.C2H7N.ClH/c1-15(2,16)14(20)17-12(13(18)19)10-6-9-11-7-4-3-5-8-11;1-2-3;/h3-5,7-8,12H,6,9-10,16H2,1-2H3,(H,17,20)(H,18,19);2-3H2,1H3;1H. The molecular formula is C17H30ClN3O3. The minimum Gasteiger partial charge on any atom is -0.480 e. The number of nitrogens with one attached hydrogen (secondary N) is 1. The van der Waals surface area contributed by atoms with E-state index >= 15 is 0 Å². The molecule has 138 valence electrons. The predicted octanol–water partition coefficient (Wildman–Crippen LogP) is 1.70. The Hall–Kier alpha value is -1.63. The average molecular weight is 360 g/mol. The molecule has 0 saturated heterocycles. The molecule has 7 heteroatoms. The van der Waals surface area contributed by atoms with Crippen molar-refractivity contribution in [3.63, 3.8) is 0 Å². The summed E-state index contributed by atoms with van der Waals surface area (Å²) in [5.41, 5.74) is 10.6. The summed E-state index contributed by atoms with van der Waals surface area (Å²) < 4.78 is 0. The zero-order valence-electron chi connectivity index (χ0n) is 14.6. The summed E-state index contributed by atoms with van der Waals surface area (Å²) in [7, 11) is 0. The lowest BCUT2D eigenvalue weighted by molar-refractivity contribution is -0.142. The van der Waals surface area contributed by atoms with Crippen molar-refractivity contribution >= 4 is 24.3 Å². The van der Waals surface area contributed by atoms with Gasteiger partial charge < -0.3 is 21.9 Å². The van der Waals surface area contributed by atoms with Gasteiger partial charge in [-0.2, -0.15) is 0 Å². The number of aryl methyl sites for hydroxylation is 1. The van der Waals surface area contributed by atoms with E-state index in [0.29, 0.717) is 12.8 Å². The Labute approximate surface area is 150 Å². The van der Waals surface area contributed by atoms with Crippen LogP contribution in [-0.2, 0) is 16.0 Å². The second kappa shape index (κ2) is 12.8. The van der Waals surface area contributed by atoms with Crippen molar-refractivity contribution in [1.29, 1.82) is 0 Å². The monoisotopic (exact) mass is 359 g/mol. The molecule has 0 fully saturated rings. The van der Waals surface area contributed by atoms with Crippen LogP contribution < -0.4 is 16.8 Å². The number of hydrogen-bond donors (Lipinski definition) is 4. The predicted molar refractivity (Wildman–Crippen MR) is 99.2 cm³/mol. The number of rotatable bonds is 7. The van der Waals surface area contributed by atoms with Crippen molar-refractivity contribution in [2.45, 2.75) is 51.6 Å². The number of carboxylic acids is 1. The van der Waals surface area contributed by atoms with E-state index in [-0.39, 0.29) is 12.4 Å². The lowest BCUT2D eigenvalue weighted by atomic mass is 10.0. The van der Waals surface area contributed by atoms with Crippen LogP contribution in [0, 0.1) is 0 Å². The van der Waals surface area contributed by atoms with Crippen LogP contribution in [0.5, 0.6) is 0 Å². The summed E-state index contributed by atoms with van der Waals surface area (Å²) in [6.45, 7) is 5.75. The van der Waals surface area contributed by atoms with E-state index in [2.05, 4.69) is 5.32 Å². The van der Waals surface area contributed by atoms with Gasteiger partial charge in [-0.1, -0.05) is 37.3 Å². The highest BCUT2D eigenvalue weighted by molar-refractivity contribution is 5.89. The minimum atomic E-state index is -1.08. The minimum absolute atomic E-state index is 0. The highest BCUT2D eigenvalue weighted by Crippen LogP contribution is 2.08. The van der Waals surface area contributed by atoms with E-state index in [1.807, 2.05) is 37.3 Å². The molecule has 6 nitrogen and oxygen atoms in total. The fourth-order valence-corrected chi connectivity index (χ4v) is 1.76. The Bertz CT molecular complexity index is 476. The third kappa shape index (κ3) is 11.0. The molecule has 6 N–H and O–H groups in total. The number of benzene rings is 1. The molecule has 1 atom stereocenters. The molecule has 1 aromatic rings. The highest BCUT2D eigenvalue weighted by Gasteiger charge is 2.27. The van der Waals surface area contributed by atoms with Crippen molar-refractivity contribution in [1.82, 2.24) is 5.32 Å². The molecule has 0 aliphatic rings. The fourth-order valence-electron chi connectivity index (χ4n) is 1.76. The lowest BCUT2D eigenvalue weighted by Gasteiger charge is -2.21. The van der Waals surface area contributed by atoms with E-state index in [0.717, 1.165) is 18.5 Å². The molecule has 0 saturated carbocycles. The molecule has 1 rings (SSSR count). The first-order valence-electron chi connectivity index (χ1n) is 7.79. The molecular weight excluding hydrogens is 330 g/mol. The average Bonchev–Trinajstić information content (AvgIpc) is 2.46. The van der Waals surface area contributed by atoms with Gasteiger partial charge in [0.25, 0.3) is 0 Å². The fraction of sp³-hybridized carbons (Fsp3) is 0.529. The van der Waals surface area contributed by atoms with Crippen molar-refractivity contribution in [3.8, 4) is 0 Å². The van der Waals surface area contributed by atoms with Crippen LogP contribution in [-0.4, -0.2) is 35.1 Å². The molecule has 0 aliphatic carbocycles. The van der Waals surface area contributed by atoms with Crippen LogP contribution in [0.3, 0.4) is 0 Å². The summed E-state index contributed by atoms with van der Waals surface area (Å²) in [6.07, 6.45) is 1.85. The summed E-state index contributed by atoms with van der Waals surface area (Å²) in [5.74, 6) is -1.49. The van der Waals surface area contributed by atoms with Gasteiger partial charge in [0.2, 0.25) is 5.91 Å². The number of amides is 1. The topological polar surface area (TPSA) is 118 Å². The number of carbonyl (C=O) groups excluding carboxylic acids is 1. The summed E-state index contributed by atoms with van der Waals surface area (Å²) in [5, 5.41) is 11.6. The van der Waals surface area contributed by atoms with Gasteiger partial charge >= 0.3 is 5.97 Å². The van der Waals surface area contributed by atoms with Gasteiger partial charge in [-0.15, -0.1) is 12.4 Å². The smallest absolute Gasteiger partial charge is 0.326 e. The van der Waals surface area contributed by atoms with Gasteiger partial charge in [0.1, 0.15) is 6.04 Å². The Morgan fingerprint density at radius 3 is 2.17 bits per heavy atom. The maximum Gasteiger partial charge on any atom is 0.326 e. The zero-order chi connectivity index (χ0) is 17.9. The first-order chi connectivity index (χ1) is 10.7. The van der Waals surface area contributed by atoms with Gasteiger partial charge in [-0.05, 0) is 45.2 Å². The molecule has 1 aromatic carbocycles. The van der Waals surface area contributed by atoms with Crippen LogP contribution in [0.15, 0.2) is 30.3 Å². The third-order valence-electron chi connectivity index (χ3n) is 2.99. The Kier molecular flexibility index (Phi) is 13.1. The number of hydrogen-bond acceptors (Lipinski definition) is 4. The van der Waals surface area contributed by atoms with Crippen LogP contribution in [0.2, 0.25) is 0 Å². The van der Waals surface area contributed by atoms with E-state index in [1.165, 1.54) is 0 Å². The molecule has 0 aliphatic heterocycles. The number of carbonyl (C=O) groups is 2.